The summed E-state index contributed by atoms with van der Waals surface area (Å²) in [5, 5.41) is 9.91. The van der Waals surface area contributed by atoms with Gasteiger partial charge in [0.1, 0.15) is 10.6 Å². The smallest absolute Gasteiger partial charge is 0.276 e. The fourth-order valence-corrected chi connectivity index (χ4v) is 5.39. The number of H-pyrrole nitrogens is 1. The number of hydrogen-bond donors (Lipinski definition) is 3. The van der Waals surface area contributed by atoms with E-state index in [1.165, 1.54) is 19.2 Å². The molecular formula is C23H26N4O4S. The Kier molecular flexibility index (Phi) is 5.92. The van der Waals surface area contributed by atoms with E-state index in [4.69, 9.17) is 4.74 Å². The summed E-state index contributed by atoms with van der Waals surface area (Å²) in [7, 11) is -2.57. The van der Waals surface area contributed by atoms with Crippen LogP contribution in [0.4, 0.5) is 11.4 Å². The van der Waals surface area contributed by atoms with Crippen LogP contribution in [-0.4, -0.2) is 31.6 Å². The summed E-state index contributed by atoms with van der Waals surface area (Å²) in [6.07, 6.45) is 3.77. The fourth-order valence-electron chi connectivity index (χ4n) is 3.99. The minimum atomic E-state index is -3.98. The van der Waals surface area contributed by atoms with Crippen LogP contribution in [0.2, 0.25) is 0 Å². The quantitative estimate of drug-likeness (QED) is 0.522. The number of methoxy groups -OCH3 is 1. The first kappa shape index (κ1) is 21.9. The summed E-state index contributed by atoms with van der Waals surface area (Å²) >= 11 is 0. The van der Waals surface area contributed by atoms with E-state index in [1.807, 2.05) is 32.0 Å². The molecule has 1 aliphatic carbocycles. The number of hydrogen-bond acceptors (Lipinski definition) is 5. The zero-order chi connectivity index (χ0) is 22.9. The second-order valence-electron chi connectivity index (χ2n) is 7.93. The van der Waals surface area contributed by atoms with Gasteiger partial charge in [0.15, 0.2) is 5.69 Å². The van der Waals surface area contributed by atoms with Crippen molar-refractivity contribution in [3.63, 3.8) is 0 Å². The van der Waals surface area contributed by atoms with Crippen molar-refractivity contribution in [2.24, 2.45) is 0 Å². The van der Waals surface area contributed by atoms with Crippen LogP contribution >= 0.6 is 0 Å². The van der Waals surface area contributed by atoms with Gasteiger partial charge in [-0.3, -0.25) is 14.6 Å². The molecule has 2 aromatic carbocycles. The number of benzene rings is 2. The van der Waals surface area contributed by atoms with E-state index in [-0.39, 0.29) is 16.6 Å². The van der Waals surface area contributed by atoms with Crippen LogP contribution in [-0.2, 0) is 22.9 Å². The predicted octanol–water partition coefficient (Wildman–Crippen LogP) is 3.97. The molecule has 1 aliphatic rings. The highest BCUT2D eigenvalue weighted by molar-refractivity contribution is 7.92. The van der Waals surface area contributed by atoms with Crippen molar-refractivity contribution in [3.05, 3.63) is 64.5 Å². The molecule has 0 radical (unpaired) electrons. The summed E-state index contributed by atoms with van der Waals surface area (Å²) in [5.41, 5.74) is 4.76. The monoisotopic (exact) mass is 454 g/mol. The lowest BCUT2D eigenvalue weighted by Crippen LogP contribution is -2.18. The first-order valence-electron chi connectivity index (χ1n) is 10.4. The van der Waals surface area contributed by atoms with Gasteiger partial charge in [0.05, 0.1) is 12.8 Å². The Hall–Kier alpha value is -3.33. The van der Waals surface area contributed by atoms with E-state index in [1.54, 1.807) is 6.07 Å². The molecule has 168 valence electrons. The number of rotatable bonds is 6. The minimum absolute atomic E-state index is 0.0653. The van der Waals surface area contributed by atoms with Crippen molar-refractivity contribution in [1.82, 2.24) is 10.2 Å². The molecule has 0 fully saturated rings. The lowest BCUT2D eigenvalue weighted by atomic mass is 9.96. The SMILES string of the molecule is COc1ccc(NC(=O)c2n[nH]c3c2CCCC3)cc1S(=O)(=O)Nc1c(C)cccc1C. The van der Waals surface area contributed by atoms with Crippen molar-refractivity contribution in [2.45, 2.75) is 44.4 Å². The van der Waals surface area contributed by atoms with Crippen molar-refractivity contribution >= 4 is 27.3 Å². The molecule has 0 saturated carbocycles. The average molecular weight is 455 g/mol. The molecular weight excluding hydrogens is 428 g/mol. The van der Waals surface area contributed by atoms with E-state index in [0.717, 1.165) is 48.1 Å². The second kappa shape index (κ2) is 8.66. The van der Waals surface area contributed by atoms with E-state index in [2.05, 4.69) is 20.2 Å². The molecule has 9 heteroatoms. The summed E-state index contributed by atoms with van der Waals surface area (Å²) in [5.74, 6) is -0.195. The van der Waals surface area contributed by atoms with Crippen molar-refractivity contribution in [1.29, 1.82) is 0 Å². The number of anilines is 2. The Morgan fingerprint density at radius 1 is 1.09 bits per heavy atom. The summed E-state index contributed by atoms with van der Waals surface area (Å²) in [4.78, 5) is 12.8. The third-order valence-corrected chi connectivity index (χ3v) is 7.07. The molecule has 8 nitrogen and oxygen atoms in total. The van der Waals surface area contributed by atoms with E-state index in [0.29, 0.717) is 17.1 Å². The molecule has 0 bridgehead atoms. The summed E-state index contributed by atoms with van der Waals surface area (Å²) in [6, 6.07) is 10.1. The fraction of sp³-hybridized carbons (Fsp3) is 0.304. The summed E-state index contributed by atoms with van der Waals surface area (Å²) < 4.78 is 34.4. The van der Waals surface area contributed by atoms with Crippen LogP contribution in [0.25, 0.3) is 0 Å². The molecule has 3 N–H and O–H groups in total. The number of aromatic amines is 1. The van der Waals surface area contributed by atoms with E-state index < -0.39 is 10.0 Å². The average Bonchev–Trinajstić information content (AvgIpc) is 3.21. The van der Waals surface area contributed by atoms with Gasteiger partial charge in [0.25, 0.3) is 15.9 Å². The number of carbonyl (C=O) groups is 1. The molecule has 0 unspecified atom stereocenters. The van der Waals surface area contributed by atoms with Crippen molar-refractivity contribution in [2.75, 3.05) is 17.1 Å². The number of fused-ring (bicyclic) bond motifs is 1. The first-order valence-corrected chi connectivity index (χ1v) is 11.9. The van der Waals surface area contributed by atoms with Crippen LogP contribution in [0.5, 0.6) is 5.75 Å². The Labute approximate surface area is 187 Å². The van der Waals surface area contributed by atoms with Gasteiger partial charge in [0, 0.05) is 16.9 Å². The van der Waals surface area contributed by atoms with Crippen molar-refractivity contribution in [3.8, 4) is 5.75 Å². The van der Waals surface area contributed by atoms with Gasteiger partial charge in [0.2, 0.25) is 0 Å². The number of aromatic nitrogens is 2. The van der Waals surface area contributed by atoms with Gasteiger partial charge in [-0.15, -0.1) is 0 Å². The first-order chi connectivity index (χ1) is 15.3. The Balaban J connectivity index is 1.64. The largest absolute Gasteiger partial charge is 0.495 e. The standard InChI is InChI=1S/C23H26N4O4S/c1-14-7-6-8-15(2)21(14)27-32(29,30)20-13-16(11-12-19(20)31-3)24-23(28)22-17-9-4-5-10-18(17)25-26-22/h6-8,11-13,27H,4-5,9-10H2,1-3H3,(H,24,28)(H,25,26). The number of nitrogens with one attached hydrogen (secondary N) is 3. The number of amides is 1. The van der Waals surface area contributed by atoms with Crippen LogP contribution in [0.3, 0.4) is 0 Å². The maximum atomic E-state index is 13.2. The Morgan fingerprint density at radius 3 is 2.53 bits per heavy atom. The molecule has 0 saturated heterocycles. The van der Waals surface area contributed by atoms with Crippen LogP contribution < -0.4 is 14.8 Å². The van der Waals surface area contributed by atoms with Crippen LogP contribution in [0.15, 0.2) is 41.3 Å². The third kappa shape index (κ3) is 4.20. The number of aryl methyl sites for hydroxylation is 3. The lowest BCUT2D eigenvalue weighted by molar-refractivity contribution is 0.102. The molecule has 1 amide bonds. The molecule has 4 rings (SSSR count). The molecule has 1 heterocycles. The zero-order valence-electron chi connectivity index (χ0n) is 18.3. The molecule has 3 aromatic rings. The zero-order valence-corrected chi connectivity index (χ0v) is 19.1. The molecule has 32 heavy (non-hydrogen) atoms. The number of ether oxygens (including phenoxy) is 1. The van der Waals surface area contributed by atoms with Crippen LogP contribution in [0, 0.1) is 13.8 Å². The van der Waals surface area contributed by atoms with Gasteiger partial charge in [-0.05, 0) is 68.9 Å². The van der Waals surface area contributed by atoms with Gasteiger partial charge < -0.3 is 10.1 Å². The van der Waals surface area contributed by atoms with Gasteiger partial charge in [-0.2, -0.15) is 5.10 Å². The summed E-state index contributed by atoms with van der Waals surface area (Å²) in [6.45, 7) is 3.67. The second-order valence-corrected chi connectivity index (χ2v) is 9.58. The highest BCUT2D eigenvalue weighted by Gasteiger charge is 2.24. The topological polar surface area (TPSA) is 113 Å². The number of para-hydroxylation sites is 1. The highest BCUT2D eigenvalue weighted by atomic mass is 32.2. The van der Waals surface area contributed by atoms with Gasteiger partial charge in [-0.25, -0.2) is 8.42 Å². The normalized spacial score (nSPS) is 13.3. The predicted molar refractivity (Wildman–Crippen MR) is 123 cm³/mol. The molecule has 0 spiro atoms. The Morgan fingerprint density at radius 2 is 1.81 bits per heavy atom. The van der Waals surface area contributed by atoms with E-state index in [9.17, 15) is 13.2 Å². The maximum absolute atomic E-state index is 13.2. The lowest BCUT2D eigenvalue weighted by Gasteiger charge is -2.16. The number of nitrogens with zero attached hydrogens (tertiary/aromatic N) is 1. The number of sulfonamides is 1. The molecule has 0 aliphatic heterocycles. The van der Waals surface area contributed by atoms with Crippen LogP contribution in [0.1, 0.15) is 45.7 Å². The third-order valence-electron chi connectivity index (χ3n) is 5.70. The Bertz CT molecular complexity index is 1260. The number of carbonyl (C=O) groups excluding carboxylic acids is 1. The van der Waals surface area contributed by atoms with Crippen molar-refractivity contribution < 1.29 is 17.9 Å². The van der Waals surface area contributed by atoms with Gasteiger partial charge >= 0.3 is 0 Å². The molecule has 0 atom stereocenters. The minimum Gasteiger partial charge on any atom is -0.495 e. The maximum Gasteiger partial charge on any atom is 0.276 e. The highest BCUT2D eigenvalue weighted by Crippen LogP contribution is 2.31. The molecule has 1 aromatic heterocycles. The van der Waals surface area contributed by atoms with Gasteiger partial charge in [-0.1, -0.05) is 18.2 Å². The van der Waals surface area contributed by atoms with E-state index >= 15 is 0 Å².